The van der Waals surface area contributed by atoms with E-state index in [4.69, 9.17) is 0 Å². The molecule has 0 atom stereocenters. The van der Waals surface area contributed by atoms with E-state index < -0.39 is 0 Å². The minimum absolute atomic E-state index is 0. The fourth-order valence-corrected chi connectivity index (χ4v) is 0. The van der Waals surface area contributed by atoms with Crippen LogP contribution in [0.1, 0.15) is 20.8 Å². The van der Waals surface area contributed by atoms with Crippen LogP contribution in [-0.2, 0) is 19.7 Å². The Morgan fingerprint density at radius 3 is 1.43 bits per heavy atom. The average Bonchev–Trinajstić information content (AvgIpc) is 1.35. The zero-order valence-corrected chi connectivity index (χ0v) is 6.44. The third-order valence-corrected chi connectivity index (χ3v) is 0.798. The minimum Gasteiger partial charge on any atom is -0.147 e. The minimum atomic E-state index is -0.125. The molecule has 3 heteroatoms. The van der Waals surface area contributed by atoms with Gasteiger partial charge in [0.15, 0.2) is 0 Å². The smallest absolute Gasteiger partial charge is 0.147 e. The summed E-state index contributed by atoms with van der Waals surface area (Å²) < 4.78 is 4.56. The molecule has 0 spiro atoms. The molecule has 0 amide bonds. The van der Waals surface area contributed by atoms with Crippen molar-refractivity contribution in [3.05, 3.63) is 0 Å². The monoisotopic (exact) mass is 167 g/mol. The van der Waals surface area contributed by atoms with E-state index in [1.807, 2.05) is 20.8 Å². The molecule has 0 aromatic heterocycles. The second kappa shape index (κ2) is 3.71. The third-order valence-electron chi connectivity index (χ3n) is 0.194. The largest absolute Gasteiger partial charge is 0.147 e. The fraction of sp³-hybridized carbons (Fsp3) is 1.00. The van der Waals surface area contributed by atoms with Gasteiger partial charge in [-0.05, 0) is 0 Å². The van der Waals surface area contributed by atoms with Gasteiger partial charge in [0.05, 0.1) is 0 Å². The van der Waals surface area contributed by atoms with Crippen molar-refractivity contribution in [2.24, 2.45) is 0 Å². The van der Waals surface area contributed by atoms with Crippen LogP contribution in [0.5, 0.6) is 0 Å². The van der Waals surface area contributed by atoms with Gasteiger partial charge in [0, 0.05) is 0 Å². The Morgan fingerprint density at radius 1 is 1.29 bits per heavy atom. The summed E-state index contributed by atoms with van der Waals surface area (Å²) in [7, 11) is 0. The van der Waals surface area contributed by atoms with Gasteiger partial charge < -0.3 is 0 Å². The van der Waals surface area contributed by atoms with Gasteiger partial charge in [-0.3, -0.25) is 0 Å². The average molecular weight is 168 g/mol. The molecule has 0 bridgehead atoms. The van der Waals surface area contributed by atoms with Crippen LogP contribution in [0.15, 0.2) is 0 Å². The molecule has 1 nitrogen and oxygen atoms in total. The molecule has 0 rings (SSSR count). The topological polar surface area (TPSA) is 9.23 Å². The molecule has 0 saturated carbocycles. The molecule has 0 fully saturated rings. The number of rotatable bonds is 0. The first-order chi connectivity index (χ1) is 2.56. The summed E-state index contributed by atoms with van der Waals surface area (Å²) in [5.41, 5.74) is -0.125. The predicted octanol–water partition coefficient (Wildman–Crippen LogP) is 1.69. The van der Waals surface area contributed by atoms with Crippen LogP contribution >= 0.6 is 12.4 Å². The van der Waals surface area contributed by atoms with Crippen LogP contribution in [0.4, 0.5) is 0 Å². The Bertz CT molecular complexity index is 41.4. The summed E-state index contributed by atoms with van der Waals surface area (Å²) in [4.78, 5) is 0. The van der Waals surface area contributed by atoms with Crippen molar-refractivity contribution in [2.45, 2.75) is 26.4 Å². The van der Waals surface area contributed by atoms with E-state index >= 15 is 0 Å². The van der Waals surface area contributed by atoms with Gasteiger partial charge in [0.2, 0.25) is 0 Å². The maximum Gasteiger partial charge on any atom is -0.147 e. The molecule has 7 heavy (non-hydrogen) atoms. The molecule has 0 aliphatic carbocycles. The third kappa shape index (κ3) is 10.8. The molecular weight excluding hydrogens is 158 g/mol. The van der Waals surface area contributed by atoms with Crippen molar-refractivity contribution >= 4 is 12.4 Å². The Hall–Kier alpha value is 0.744. The van der Waals surface area contributed by atoms with Gasteiger partial charge in [-0.25, -0.2) is 0 Å². The molecular formula is C4H10ClNiO. The molecule has 0 heterocycles. The van der Waals surface area contributed by atoms with E-state index in [1.165, 1.54) is 0 Å². The maximum absolute atomic E-state index is 4.56. The molecule has 0 radical (unpaired) electrons. The second-order valence-electron chi connectivity index (χ2n) is 2.18. The predicted molar refractivity (Wildman–Crippen MR) is 28.1 cm³/mol. The molecule has 0 aromatic rings. The van der Waals surface area contributed by atoms with E-state index in [0.717, 1.165) is 0 Å². The molecule has 0 N–H and O–H groups in total. The first-order valence-corrected chi connectivity index (χ1v) is 2.24. The van der Waals surface area contributed by atoms with Crippen molar-refractivity contribution in [1.29, 1.82) is 0 Å². The van der Waals surface area contributed by atoms with Gasteiger partial charge in [-0.15, -0.1) is 12.4 Å². The number of hydrogen-bond acceptors (Lipinski definition) is 1. The summed E-state index contributed by atoms with van der Waals surface area (Å²) in [6.07, 6.45) is 0. The second-order valence-corrected chi connectivity index (χ2v) is 2.38. The van der Waals surface area contributed by atoms with E-state index in [0.29, 0.717) is 0 Å². The summed E-state index contributed by atoms with van der Waals surface area (Å²) >= 11 is 4.03. The summed E-state index contributed by atoms with van der Waals surface area (Å²) in [6, 6.07) is 0. The van der Waals surface area contributed by atoms with Crippen LogP contribution in [0.3, 0.4) is 0 Å². The van der Waals surface area contributed by atoms with Gasteiger partial charge in [-0.1, -0.05) is 0 Å². The quantitative estimate of drug-likeness (QED) is 0.500. The molecule has 0 saturated heterocycles. The van der Waals surface area contributed by atoms with E-state index in [2.05, 4.69) is 19.7 Å². The van der Waals surface area contributed by atoms with E-state index in [9.17, 15) is 0 Å². The summed E-state index contributed by atoms with van der Waals surface area (Å²) in [5, 5.41) is 0. The Kier molecular flexibility index (Phi) is 5.66. The zero-order chi connectivity index (χ0) is 5.21. The number of hydrogen-bond donors (Lipinski definition) is 0. The fourth-order valence-electron chi connectivity index (χ4n) is 0. The molecule has 0 aromatic carbocycles. The van der Waals surface area contributed by atoms with Crippen LogP contribution in [0, 0.1) is 0 Å². The normalized spacial score (nSPS) is 10.4. The van der Waals surface area contributed by atoms with Crippen molar-refractivity contribution < 1.29 is 19.7 Å². The Labute approximate surface area is 58.9 Å². The number of halogens is 1. The molecule has 49 valence electrons. The SMILES string of the molecule is CC(C)(C)[O][Ni].Cl. The molecule has 0 unspecified atom stereocenters. The van der Waals surface area contributed by atoms with E-state index in [-0.39, 0.29) is 18.0 Å². The van der Waals surface area contributed by atoms with Gasteiger partial charge >= 0.3 is 46.0 Å². The Morgan fingerprint density at radius 2 is 1.43 bits per heavy atom. The summed E-state index contributed by atoms with van der Waals surface area (Å²) in [6.45, 7) is 5.78. The first-order valence-electron chi connectivity index (χ1n) is 1.83. The molecule has 0 aliphatic heterocycles. The van der Waals surface area contributed by atoms with Crippen LogP contribution in [0.2, 0.25) is 0 Å². The Balaban J connectivity index is 0. The maximum atomic E-state index is 4.56. The van der Waals surface area contributed by atoms with Crippen LogP contribution in [0.25, 0.3) is 0 Å². The van der Waals surface area contributed by atoms with Crippen LogP contribution in [-0.4, -0.2) is 5.60 Å². The molecule has 0 aliphatic rings. The van der Waals surface area contributed by atoms with E-state index in [1.54, 1.807) is 0 Å². The van der Waals surface area contributed by atoms with Gasteiger partial charge in [0.1, 0.15) is 0 Å². The zero-order valence-electron chi connectivity index (χ0n) is 4.63. The van der Waals surface area contributed by atoms with Gasteiger partial charge in [-0.2, -0.15) is 0 Å². The van der Waals surface area contributed by atoms with Crippen molar-refractivity contribution in [2.75, 3.05) is 0 Å². The summed E-state index contributed by atoms with van der Waals surface area (Å²) in [5.74, 6) is 0. The first kappa shape index (κ1) is 10.7. The van der Waals surface area contributed by atoms with Gasteiger partial charge in [0.25, 0.3) is 0 Å². The van der Waals surface area contributed by atoms with Crippen molar-refractivity contribution in [3.8, 4) is 0 Å². The van der Waals surface area contributed by atoms with Crippen molar-refractivity contribution in [1.82, 2.24) is 0 Å². The standard InChI is InChI=1S/C4H9O.ClH.Ni/c1-4(2,3)5;;/h1-3H3;1H;/q-1;;+1. The van der Waals surface area contributed by atoms with Crippen LogP contribution < -0.4 is 0 Å². The van der Waals surface area contributed by atoms with Crippen molar-refractivity contribution in [3.63, 3.8) is 0 Å².